The normalized spacial score (nSPS) is 15.8. The highest BCUT2D eigenvalue weighted by atomic mass is 16.4. The lowest BCUT2D eigenvalue weighted by molar-refractivity contribution is -0.145. The fourth-order valence-corrected chi connectivity index (χ4v) is 3.05. The van der Waals surface area contributed by atoms with Crippen molar-refractivity contribution in [3.63, 3.8) is 0 Å². The Morgan fingerprint density at radius 2 is 1.36 bits per heavy atom. The molecule has 7 N–H and O–H groups in total. The van der Waals surface area contributed by atoms with Gasteiger partial charge in [0.2, 0.25) is 17.7 Å². The summed E-state index contributed by atoms with van der Waals surface area (Å²) in [6.45, 7) is 8.30. The van der Waals surface area contributed by atoms with E-state index in [1.165, 1.54) is 6.92 Å². The summed E-state index contributed by atoms with van der Waals surface area (Å²) in [5.41, 5.74) is 6.61. The van der Waals surface area contributed by atoms with Crippen LogP contribution in [0.4, 0.5) is 0 Å². The van der Waals surface area contributed by atoms with E-state index in [1.807, 2.05) is 0 Å². The van der Waals surface area contributed by atoms with Crippen LogP contribution in [0.3, 0.4) is 0 Å². The number of carbonyl (C=O) groups excluding carboxylic acids is 3. The van der Waals surface area contributed by atoms with E-state index in [0.29, 0.717) is 0 Å². The molecule has 0 heterocycles. The van der Waals surface area contributed by atoms with Crippen molar-refractivity contribution in [3.05, 3.63) is 35.9 Å². The maximum absolute atomic E-state index is 13.1. The second-order valence-corrected chi connectivity index (χ2v) is 8.82. The van der Waals surface area contributed by atoms with Gasteiger partial charge in [0.25, 0.3) is 0 Å². The van der Waals surface area contributed by atoms with Crippen LogP contribution in [0.15, 0.2) is 30.3 Å². The fourth-order valence-electron chi connectivity index (χ4n) is 3.05. The number of amides is 3. The number of carbonyl (C=O) groups is 4. The van der Waals surface area contributed by atoms with Gasteiger partial charge in [-0.3, -0.25) is 14.4 Å². The quantitative estimate of drug-likeness (QED) is 0.248. The number of aliphatic carboxylic acids is 1. The van der Waals surface area contributed by atoms with Crippen LogP contribution >= 0.6 is 0 Å². The van der Waals surface area contributed by atoms with Gasteiger partial charge in [0.1, 0.15) is 12.1 Å². The zero-order valence-corrected chi connectivity index (χ0v) is 19.7. The number of rotatable bonds is 12. The third-order valence-corrected chi connectivity index (χ3v) is 5.23. The molecule has 0 aliphatic carbocycles. The van der Waals surface area contributed by atoms with Crippen LogP contribution in [0.25, 0.3) is 0 Å². The molecule has 0 aliphatic heterocycles. The number of benzene rings is 1. The molecule has 33 heavy (non-hydrogen) atoms. The molecule has 0 aliphatic rings. The average molecular weight is 465 g/mol. The van der Waals surface area contributed by atoms with E-state index in [-0.39, 0.29) is 18.3 Å². The molecule has 184 valence electrons. The molecular weight excluding hydrogens is 428 g/mol. The highest BCUT2D eigenvalue weighted by molar-refractivity contribution is 5.94. The number of carboxylic acids is 1. The highest BCUT2D eigenvalue weighted by Crippen LogP contribution is 2.09. The molecule has 5 unspecified atom stereocenters. The second kappa shape index (κ2) is 12.9. The minimum absolute atomic E-state index is 0.0782. The van der Waals surface area contributed by atoms with E-state index in [9.17, 15) is 29.4 Å². The summed E-state index contributed by atoms with van der Waals surface area (Å²) in [6.07, 6.45) is -1.27. The third kappa shape index (κ3) is 8.82. The summed E-state index contributed by atoms with van der Waals surface area (Å²) in [5, 5.41) is 26.5. The molecule has 10 heteroatoms. The third-order valence-electron chi connectivity index (χ3n) is 5.23. The minimum atomic E-state index is -1.54. The predicted octanol–water partition coefficient (Wildman–Crippen LogP) is -0.212. The van der Waals surface area contributed by atoms with Crippen molar-refractivity contribution in [2.75, 3.05) is 0 Å². The molecule has 1 aromatic rings. The van der Waals surface area contributed by atoms with Crippen LogP contribution in [0, 0.1) is 11.8 Å². The molecule has 0 fully saturated rings. The monoisotopic (exact) mass is 464 g/mol. The summed E-state index contributed by atoms with van der Waals surface area (Å²) in [6, 6.07) is 4.42. The maximum atomic E-state index is 13.1. The summed E-state index contributed by atoms with van der Waals surface area (Å²) in [4.78, 5) is 49.8. The molecular formula is C23H36N4O6. The van der Waals surface area contributed by atoms with Crippen molar-refractivity contribution in [2.45, 2.75) is 71.3 Å². The van der Waals surface area contributed by atoms with Crippen LogP contribution < -0.4 is 21.7 Å². The zero-order valence-electron chi connectivity index (χ0n) is 19.7. The SMILES string of the molecule is CC(C)C(N)C(=O)NC(C(=O)NC(Cc1ccccc1)C(=O)NC(C(=O)O)C(C)O)C(C)C. The molecule has 0 radical (unpaired) electrons. The van der Waals surface area contributed by atoms with E-state index in [1.54, 1.807) is 58.0 Å². The Labute approximate surface area is 194 Å². The lowest BCUT2D eigenvalue weighted by Gasteiger charge is -2.28. The van der Waals surface area contributed by atoms with Gasteiger partial charge in [0.15, 0.2) is 6.04 Å². The Hall–Kier alpha value is -2.98. The van der Waals surface area contributed by atoms with Gasteiger partial charge in [0, 0.05) is 6.42 Å². The van der Waals surface area contributed by atoms with Gasteiger partial charge in [-0.2, -0.15) is 0 Å². The first-order chi connectivity index (χ1) is 15.3. The van der Waals surface area contributed by atoms with Gasteiger partial charge in [-0.15, -0.1) is 0 Å². The number of carboxylic acid groups (broad SMARTS) is 1. The lowest BCUT2D eigenvalue weighted by atomic mass is 9.99. The highest BCUT2D eigenvalue weighted by Gasteiger charge is 2.33. The molecule has 1 aromatic carbocycles. The van der Waals surface area contributed by atoms with E-state index < -0.39 is 54.0 Å². The van der Waals surface area contributed by atoms with E-state index in [0.717, 1.165) is 5.56 Å². The molecule has 0 saturated carbocycles. The van der Waals surface area contributed by atoms with Crippen LogP contribution in [0.1, 0.15) is 40.2 Å². The molecule has 0 saturated heterocycles. The summed E-state index contributed by atoms with van der Waals surface area (Å²) in [7, 11) is 0. The van der Waals surface area contributed by atoms with E-state index >= 15 is 0 Å². The first-order valence-corrected chi connectivity index (χ1v) is 11.0. The van der Waals surface area contributed by atoms with Crippen molar-refractivity contribution in [3.8, 4) is 0 Å². The van der Waals surface area contributed by atoms with Crippen LogP contribution in [0.2, 0.25) is 0 Å². The molecule has 0 spiro atoms. The predicted molar refractivity (Wildman–Crippen MR) is 123 cm³/mol. The number of hydrogen-bond donors (Lipinski definition) is 6. The Kier molecular flexibility index (Phi) is 11.0. The number of hydrogen-bond acceptors (Lipinski definition) is 6. The number of aliphatic hydroxyl groups is 1. The van der Waals surface area contributed by atoms with Crippen molar-refractivity contribution < 1.29 is 29.4 Å². The summed E-state index contributed by atoms with van der Waals surface area (Å²) >= 11 is 0. The Balaban J connectivity index is 3.10. The molecule has 5 atom stereocenters. The molecule has 0 aromatic heterocycles. The summed E-state index contributed by atoms with van der Waals surface area (Å²) in [5.74, 6) is -3.70. The first-order valence-electron chi connectivity index (χ1n) is 11.0. The van der Waals surface area contributed by atoms with Crippen LogP contribution in [-0.4, -0.2) is 64.2 Å². The molecule has 0 bridgehead atoms. The topological polar surface area (TPSA) is 171 Å². The number of nitrogens with one attached hydrogen (secondary N) is 3. The van der Waals surface area contributed by atoms with Crippen LogP contribution in [-0.2, 0) is 25.6 Å². The number of aliphatic hydroxyl groups excluding tert-OH is 1. The van der Waals surface area contributed by atoms with E-state index in [2.05, 4.69) is 16.0 Å². The Morgan fingerprint density at radius 1 is 0.818 bits per heavy atom. The second-order valence-electron chi connectivity index (χ2n) is 8.82. The van der Waals surface area contributed by atoms with Gasteiger partial charge in [0.05, 0.1) is 12.1 Å². The van der Waals surface area contributed by atoms with Crippen molar-refractivity contribution >= 4 is 23.7 Å². The largest absolute Gasteiger partial charge is 0.480 e. The smallest absolute Gasteiger partial charge is 0.328 e. The maximum Gasteiger partial charge on any atom is 0.328 e. The van der Waals surface area contributed by atoms with Crippen molar-refractivity contribution in [1.82, 2.24) is 16.0 Å². The first kappa shape index (κ1) is 28.1. The number of nitrogens with two attached hydrogens (primary N) is 1. The van der Waals surface area contributed by atoms with E-state index in [4.69, 9.17) is 5.73 Å². The van der Waals surface area contributed by atoms with Crippen LogP contribution in [0.5, 0.6) is 0 Å². The van der Waals surface area contributed by atoms with Gasteiger partial charge in [-0.1, -0.05) is 58.0 Å². The fraction of sp³-hybridized carbons (Fsp3) is 0.565. The minimum Gasteiger partial charge on any atom is -0.480 e. The molecule has 10 nitrogen and oxygen atoms in total. The lowest BCUT2D eigenvalue weighted by Crippen LogP contribution is -2.60. The summed E-state index contributed by atoms with van der Waals surface area (Å²) < 4.78 is 0. The Morgan fingerprint density at radius 3 is 1.82 bits per heavy atom. The Bertz CT molecular complexity index is 812. The van der Waals surface area contributed by atoms with Crippen molar-refractivity contribution in [2.24, 2.45) is 17.6 Å². The average Bonchev–Trinajstić information content (AvgIpc) is 2.74. The van der Waals surface area contributed by atoms with Gasteiger partial charge in [-0.25, -0.2) is 4.79 Å². The van der Waals surface area contributed by atoms with Gasteiger partial charge >= 0.3 is 5.97 Å². The van der Waals surface area contributed by atoms with Crippen molar-refractivity contribution in [1.29, 1.82) is 0 Å². The molecule has 3 amide bonds. The van der Waals surface area contributed by atoms with Gasteiger partial charge in [-0.05, 0) is 24.3 Å². The standard InChI is InChI=1S/C23H36N4O6/c1-12(2)17(24)21(30)26-18(13(3)4)22(31)25-16(11-15-9-7-6-8-10-15)20(29)27-19(14(5)28)23(32)33/h6-10,12-14,16-19,28H,11,24H2,1-5H3,(H,25,31)(H,26,30)(H,27,29)(H,32,33). The molecule has 1 rings (SSSR count). The zero-order chi connectivity index (χ0) is 25.3. The van der Waals surface area contributed by atoms with Gasteiger partial charge < -0.3 is 31.9 Å².